The molecule has 0 aliphatic carbocycles. The molecule has 0 saturated heterocycles. The van der Waals surface area contributed by atoms with Crippen molar-refractivity contribution < 1.29 is 13.5 Å². The van der Waals surface area contributed by atoms with Crippen LogP contribution in [0.2, 0.25) is 0 Å². The molecule has 2 heterocycles. The maximum absolute atomic E-state index is 13.4. The van der Waals surface area contributed by atoms with Crippen molar-refractivity contribution in [2.45, 2.75) is 13.5 Å². The molecule has 0 spiro atoms. The molecule has 6 nitrogen and oxygen atoms in total. The van der Waals surface area contributed by atoms with Gasteiger partial charge >= 0.3 is 5.69 Å². The average molecular weight is 382 g/mol. The minimum absolute atomic E-state index is 0.0228. The number of nitrogens with zero attached hydrogens (tertiary/aromatic N) is 4. The highest BCUT2D eigenvalue weighted by molar-refractivity contribution is 5.64. The summed E-state index contributed by atoms with van der Waals surface area (Å²) in [6, 6.07) is 12.6. The van der Waals surface area contributed by atoms with Crippen molar-refractivity contribution in [2.24, 2.45) is 0 Å². The first-order valence-corrected chi connectivity index (χ1v) is 8.52. The van der Waals surface area contributed by atoms with E-state index in [1.165, 1.54) is 15.1 Å². The highest BCUT2D eigenvalue weighted by atomic mass is 19.2. The van der Waals surface area contributed by atoms with Crippen LogP contribution in [0, 0.1) is 18.6 Å². The predicted molar refractivity (Wildman–Crippen MR) is 99.4 cm³/mol. The number of ether oxygens (including phenoxy) is 1. The fourth-order valence-corrected chi connectivity index (χ4v) is 3.02. The Bertz CT molecular complexity index is 1230. The van der Waals surface area contributed by atoms with Gasteiger partial charge in [0.15, 0.2) is 17.3 Å². The van der Waals surface area contributed by atoms with Crippen molar-refractivity contribution in [2.75, 3.05) is 7.11 Å². The zero-order chi connectivity index (χ0) is 19.8. The van der Waals surface area contributed by atoms with E-state index in [4.69, 9.17) is 4.74 Å². The van der Waals surface area contributed by atoms with Gasteiger partial charge in [0, 0.05) is 11.6 Å². The van der Waals surface area contributed by atoms with Crippen LogP contribution < -0.4 is 10.4 Å². The molecule has 0 fully saturated rings. The monoisotopic (exact) mass is 382 g/mol. The molecule has 0 amide bonds. The van der Waals surface area contributed by atoms with Gasteiger partial charge < -0.3 is 4.74 Å². The number of methoxy groups -OCH3 is 1. The molecule has 0 unspecified atom stereocenters. The summed E-state index contributed by atoms with van der Waals surface area (Å²) in [4.78, 5) is 17.2. The van der Waals surface area contributed by atoms with Crippen LogP contribution >= 0.6 is 0 Å². The molecule has 0 aliphatic rings. The number of halogens is 2. The Morgan fingerprint density at radius 1 is 1.04 bits per heavy atom. The van der Waals surface area contributed by atoms with Crippen molar-refractivity contribution in [1.29, 1.82) is 0 Å². The van der Waals surface area contributed by atoms with Crippen LogP contribution in [0.5, 0.6) is 5.75 Å². The first-order valence-electron chi connectivity index (χ1n) is 8.52. The molecule has 2 aromatic heterocycles. The molecular formula is C20H16F2N4O2. The number of rotatable bonds is 4. The van der Waals surface area contributed by atoms with Gasteiger partial charge in [0.25, 0.3) is 0 Å². The Balaban J connectivity index is 1.76. The van der Waals surface area contributed by atoms with Gasteiger partial charge in [0.1, 0.15) is 11.6 Å². The SMILES string of the molecule is COc1ccc(-c2cc3nn(Cc4ccc(F)c(F)c4)c(=O)n3c(C)n2)cc1. The standard InChI is InChI=1S/C20H16F2N4O2/c1-12-23-18(14-4-6-15(28-2)7-5-14)10-19-24-25(20(27)26(12)19)11-13-3-8-16(21)17(22)9-13/h3-10H,11H2,1-2H3. The topological polar surface area (TPSA) is 61.4 Å². The molecule has 0 saturated carbocycles. The Morgan fingerprint density at radius 2 is 1.79 bits per heavy atom. The second kappa shape index (κ2) is 6.88. The highest BCUT2D eigenvalue weighted by Crippen LogP contribution is 2.22. The van der Waals surface area contributed by atoms with E-state index in [9.17, 15) is 13.6 Å². The smallest absolute Gasteiger partial charge is 0.352 e. The predicted octanol–water partition coefficient (Wildman–Crippen LogP) is 3.20. The van der Waals surface area contributed by atoms with Gasteiger partial charge in [-0.25, -0.2) is 27.6 Å². The van der Waals surface area contributed by atoms with Crippen molar-refractivity contribution in [3.05, 3.63) is 82.0 Å². The molecule has 0 bridgehead atoms. The fourth-order valence-electron chi connectivity index (χ4n) is 3.02. The van der Waals surface area contributed by atoms with Crippen molar-refractivity contribution in [3.8, 4) is 17.0 Å². The quantitative estimate of drug-likeness (QED) is 0.544. The van der Waals surface area contributed by atoms with Gasteiger partial charge in [-0.3, -0.25) is 0 Å². The van der Waals surface area contributed by atoms with E-state index in [0.717, 1.165) is 23.4 Å². The molecule has 142 valence electrons. The molecule has 0 aliphatic heterocycles. The third-order valence-electron chi connectivity index (χ3n) is 4.44. The van der Waals surface area contributed by atoms with Gasteiger partial charge in [0.2, 0.25) is 0 Å². The first kappa shape index (κ1) is 17.8. The van der Waals surface area contributed by atoms with E-state index in [1.807, 2.05) is 24.3 Å². The minimum Gasteiger partial charge on any atom is -0.497 e. The minimum atomic E-state index is -0.964. The maximum Gasteiger partial charge on any atom is 0.352 e. The van der Waals surface area contributed by atoms with E-state index in [2.05, 4.69) is 10.1 Å². The summed E-state index contributed by atoms with van der Waals surface area (Å²) in [7, 11) is 1.59. The molecule has 2 aromatic carbocycles. The van der Waals surface area contributed by atoms with E-state index in [-0.39, 0.29) is 6.54 Å². The van der Waals surface area contributed by atoms with Crippen LogP contribution in [0.15, 0.2) is 53.3 Å². The average Bonchev–Trinajstić information content (AvgIpc) is 3.00. The van der Waals surface area contributed by atoms with E-state index in [0.29, 0.717) is 22.7 Å². The van der Waals surface area contributed by atoms with Crippen LogP contribution in [0.3, 0.4) is 0 Å². The lowest BCUT2D eigenvalue weighted by atomic mass is 10.1. The third kappa shape index (κ3) is 3.13. The highest BCUT2D eigenvalue weighted by Gasteiger charge is 2.13. The van der Waals surface area contributed by atoms with Crippen molar-refractivity contribution >= 4 is 5.65 Å². The van der Waals surface area contributed by atoms with E-state index < -0.39 is 17.3 Å². The zero-order valence-corrected chi connectivity index (χ0v) is 15.2. The number of benzene rings is 2. The number of aryl methyl sites for hydroxylation is 1. The number of fused-ring (bicyclic) bond motifs is 1. The molecule has 8 heteroatoms. The van der Waals surface area contributed by atoms with Crippen LogP contribution in [-0.4, -0.2) is 26.3 Å². The maximum atomic E-state index is 13.4. The van der Waals surface area contributed by atoms with Gasteiger partial charge in [-0.05, 0) is 48.9 Å². The largest absolute Gasteiger partial charge is 0.497 e. The summed E-state index contributed by atoms with van der Waals surface area (Å²) in [5.41, 5.74) is 1.98. The molecule has 28 heavy (non-hydrogen) atoms. The summed E-state index contributed by atoms with van der Waals surface area (Å²) in [6.45, 7) is 1.74. The lowest BCUT2D eigenvalue weighted by Crippen LogP contribution is -2.23. The molecule has 0 atom stereocenters. The number of hydrogen-bond donors (Lipinski definition) is 0. The number of hydrogen-bond acceptors (Lipinski definition) is 4. The summed E-state index contributed by atoms with van der Waals surface area (Å²) in [5, 5.41) is 4.33. The molecular weight excluding hydrogens is 366 g/mol. The van der Waals surface area contributed by atoms with Crippen LogP contribution in [-0.2, 0) is 6.54 Å². The summed E-state index contributed by atoms with van der Waals surface area (Å²) < 4.78 is 34.3. The Kier molecular flexibility index (Phi) is 4.38. The first-order chi connectivity index (χ1) is 13.5. The Morgan fingerprint density at radius 3 is 2.46 bits per heavy atom. The molecule has 0 radical (unpaired) electrons. The van der Waals surface area contributed by atoms with Crippen LogP contribution in [0.25, 0.3) is 16.9 Å². The van der Waals surface area contributed by atoms with Crippen LogP contribution in [0.4, 0.5) is 8.78 Å². The normalized spacial score (nSPS) is 11.1. The Hall–Kier alpha value is -3.55. The van der Waals surface area contributed by atoms with Crippen molar-refractivity contribution in [3.63, 3.8) is 0 Å². The van der Waals surface area contributed by atoms with E-state index in [1.54, 1.807) is 20.1 Å². The summed E-state index contributed by atoms with van der Waals surface area (Å²) in [6.07, 6.45) is 0. The summed E-state index contributed by atoms with van der Waals surface area (Å²) in [5.74, 6) is -0.692. The zero-order valence-electron chi connectivity index (χ0n) is 15.2. The molecule has 0 N–H and O–H groups in total. The van der Waals surface area contributed by atoms with Gasteiger partial charge in [0.05, 0.1) is 19.3 Å². The molecule has 4 rings (SSSR count). The van der Waals surface area contributed by atoms with Gasteiger partial charge in [-0.2, -0.15) is 0 Å². The fraction of sp³-hybridized carbons (Fsp3) is 0.150. The van der Waals surface area contributed by atoms with E-state index >= 15 is 0 Å². The third-order valence-corrected chi connectivity index (χ3v) is 4.44. The Labute approximate surface area is 158 Å². The second-order valence-electron chi connectivity index (χ2n) is 6.30. The van der Waals surface area contributed by atoms with Gasteiger partial charge in [-0.1, -0.05) is 6.07 Å². The summed E-state index contributed by atoms with van der Waals surface area (Å²) >= 11 is 0. The number of aromatic nitrogens is 4. The lowest BCUT2D eigenvalue weighted by Gasteiger charge is -2.05. The van der Waals surface area contributed by atoms with Crippen LogP contribution in [0.1, 0.15) is 11.4 Å². The van der Waals surface area contributed by atoms with Crippen molar-refractivity contribution in [1.82, 2.24) is 19.2 Å². The van der Waals surface area contributed by atoms with Gasteiger partial charge in [-0.15, -0.1) is 5.10 Å². The lowest BCUT2D eigenvalue weighted by molar-refractivity contribution is 0.415. The second-order valence-corrected chi connectivity index (χ2v) is 6.30. The molecule has 4 aromatic rings.